The van der Waals surface area contributed by atoms with Crippen molar-refractivity contribution >= 4 is 12.0 Å². The van der Waals surface area contributed by atoms with Crippen molar-refractivity contribution in [1.29, 1.82) is 0 Å². The van der Waals surface area contributed by atoms with Gasteiger partial charge in [0, 0.05) is 19.6 Å². The number of alkyl halides is 2. The molecule has 1 aliphatic rings. The molecule has 0 saturated carbocycles. The van der Waals surface area contributed by atoms with Gasteiger partial charge in [0.2, 0.25) is 0 Å². The largest absolute Gasteiger partial charge is 0.481 e. The molecule has 2 amide bonds. The van der Waals surface area contributed by atoms with Crippen LogP contribution in [0, 0.1) is 5.92 Å². The van der Waals surface area contributed by atoms with E-state index in [0.717, 1.165) is 0 Å². The zero-order valence-electron chi connectivity index (χ0n) is 12.4. The average molecular weight is 328 g/mol. The Hall–Kier alpha value is -2.38. The van der Waals surface area contributed by atoms with Crippen molar-refractivity contribution in [2.24, 2.45) is 5.92 Å². The summed E-state index contributed by atoms with van der Waals surface area (Å²) in [6, 6.07) is 5.69. The number of carbonyl (C=O) groups is 2. The van der Waals surface area contributed by atoms with E-state index in [-0.39, 0.29) is 24.9 Å². The lowest BCUT2D eigenvalue weighted by molar-refractivity contribution is -0.143. The number of hydrogen-bond acceptors (Lipinski definition) is 3. The Labute approximate surface area is 132 Å². The lowest BCUT2D eigenvalue weighted by Crippen LogP contribution is -2.46. The Bertz CT molecular complexity index is 568. The third-order valence-electron chi connectivity index (χ3n) is 3.63. The van der Waals surface area contributed by atoms with Crippen LogP contribution >= 0.6 is 0 Å². The molecule has 1 atom stereocenters. The van der Waals surface area contributed by atoms with E-state index in [1.54, 1.807) is 12.1 Å². The van der Waals surface area contributed by atoms with Crippen LogP contribution in [0.1, 0.15) is 18.4 Å². The molecule has 1 unspecified atom stereocenters. The molecule has 0 radical (unpaired) electrons. The van der Waals surface area contributed by atoms with Crippen molar-refractivity contribution in [2.45, 2.75) is 26.0 Å². The Morgan fingerprint density at radius 3 is 2.91 bits per heavy atom. The van der Waals surface area contributed by atoms with Gasteiger partial charge >= 0.3 is 18.6 Å². The molecule has 126 valence electrons. The van der Waals surface area contributed by atoms with E-state index < -0.39 is 18.5 Å². The highest BCUT2D eigenvalue weighted by Crippen LogP contribution is 2.18. The maximum atomic E-state index is 12.2. The fourth-order valence-electron chi connectivity index (χ4n) is 2.48. The molecule has 6 nitrogen and oxygen atoms in total. The van der Waals surface area contributed by atoms with Gasteiger partial charge in [0.1, 0.15) is 5.75 Å². The molecule has 1 aromatic rings. The second-order valence-corrected chi connectivity index (χ2v) is 5.31. The summed E-state index contributed by atoms with van der Waals surface area (Å²) < 4.78 is 28.6. The van der Waals surface area contributed by atoms with Crippen LogP contribution in [0.3, 0.4) is 0 Å². The average Bonchev–Trinajstić information content (AvgIpc) is 2.52. The monoisotopic (exact) mass is 328 g/mol. The number of carbonyl (C=O) groups excluding carboxylic acids is 1. The summed E-state index contributed by atoms with van der Waals surface area (Å²) in [7, 11) is 0. The summed E-state index contributed by atoms with van der Waals surface area (Å²) in [5, 5.41) is 11.7. The van der Waals surface area contributed by atoms with Gasteiger partial charge in [0.05, 0.1) is 5.92 Å². The molecular formula is C15H18F2N2O4. The van der Waals surface area contributed by atoms with Crippen molar-refractivity contribution in [3.8, 4) is 5.75 Å². The molecule has 1 aliphatic heterocycles. The van der Waals surface area contributed by atoms with Crippen LogP contribution in [0.5, 0.6) is 5.75 Å². The first-order valence-corrected chi connectivity index (χ1v) is 7.25. The molecule has 23 heavy (non-hydrogen) atoms. The quantitative estimate of drug-likeness (QED) is 0.869. The molecule has 1 aromatic carbocycles. The van der Waals surface area contributed by atoms with E-state index >= 15 is 0 Å². The first-order chi connectivity index (χ1) is 11.0. The Kier molecular flexibility index (Phi) is 5.72. The molecule has 0 aromatic heterocycles. The van der Waals surface area contributed by atoms with E-state index in [9.17, 15) is 18.4 Å². The van der Waals surface area contributed by atoms with Gasteiger partial charge in [0.15, 0.2) is 0 Å². The Balaban J connectivity index is 1.87. The standard InChI is InChI=1S/C15H18F2N2O4/c16-14(17)23-12-5-1-3-10(7-12)8-18-15(22)19-6-2-4-11(9-19)13(20)21/h1,3,5,7,11,14H,2,4,6,8-9H2,(H,18,22)(H,20,21). The van der Waals surface area contributed by atoms with Gasteiger partial charge in [-0.05, 0) is 30.5 Å². The number of likely N-dealkylation sites (tertiary alicyclic amines) is 1. The molecule has 8 heteroatoms. The number of rotatable bonds is 5. The van der Waals surface area contributed by atoms with Crippen LogP contribution in [0.2, 0.25) is 0 Å². The number of amides is 2. The minimum absolute atomic E-state index is 0.0238. The maximum absolute atomic E-state index is 12.2. The van der Waals surface area contributed by atoms with E-state index in [1.165, 1.54) is 17.0 Å². The van der Waals surface area contributed by atoms with Crippen molar-refractivity contribution in [3.63, 3.8) is 0 Å². The Morgan fingerprint density at radius 2 is 2.22 bits per heavy atom. The lowest BCUT2D eigenvalue weighted by atomic mass is 9.99. The highest BCUT2D eigenvalue weighted by Gasteiger charge is 2.27. The van der Waals surface area contributed by atoms with Crippen molar-refractivity contribution < 1.29 is 28.2 Å². The van der Waals surface area contributed by atoms with Crippen LogP contribution in [0.25, 0.3) is 0 Å². The molecule has 0 spiro atoms. The fraction of sp³-hybridized carbons (Fsp3) is 0.467. The second kappa shape index (κ2) is 7.75. The molecular weight excluding hydrogens is 310 g/mol. The van der Waals surface area contributed by atoms with Gasteiger partial charge < -0.3 is 20.1 Å². The minimum atomic E-state index is -2.90. The number of aliphatic carboxylic acids is 1. The zero-order chi connectivity index (χ0) is 16.8. The summed E-state index contributed by atoms with van der Waals surface area (Å²) in [5.74, 6) is -1.42. The molecule has 2 N–H and O–H groups in total. The number of nitrogens with one attached hydrogen (secondary N) is 1. The molecule has 1 saturated heterocycles. The van der Waals surface area contributed by atoms with Gasteiger partial charge in [-0.2, -0.15) is 8.78 Å². The SMILES string of the molecule is O=C(O)C1CCCN(C(=O)NCc2cccc(OC(F)F)c2)C1. The summed E-state index contributed by atoms with van der Waals surface area (Å²) in [5.41, 5.74) is 0.614. The minimum Gasteiger partial charge on any atom is -0.481 e. The van der Waals surface area contributed by atoms with E-state index in [1.807, 2.05) is 0 Å². The number of ether oxygens (including phenoxy) is 1. The van der Waals surface area contributed by atoms with Crippen LogP contribution in [-0.4, -0.2) is 41.7 Å². The van der Waals surface area contributed by atoms with E-state index in [4.69, 9.17) is 5.11 Å². The normalized spacial score (nSPS) is 17.9. The number of carboxylic acids is 1. The molecule has 2 rings (SSSR count). The molecule has 1 fully saturated rings. The van der Waals surface area contributed by atoms with E-state index in [2.05, 4.69) is 10.1 Å². The maximum Gasteiger partial charge on any atom is 0.387 e. The third kappa shape index (κ3) is 5.08. The third-order valence-corrected chi connectivity index (χ3v) is 3.63. The first kappa shape index (κ1) is 17.0. The van der Waals surface area contributed by atoms with Gasteiger partial charge in [-0.15, -0.1) is 0 Å². The smallest absolute Gasteiger partial charge is 0.387 e. The number of halogens is 2. The van der Waals surface area contributed by atoms with Gasteiger partial charge in [-0.25, -0.2) is 4.79 Å². The van der Waals surface area contributed by atoms with E-state index in [0.29, 0.717) is 24.9 Å². The number of hydrogen-bond donors (Lipinski definition) is 2. The predicted octanol–water partition coefficient (Wildman–Crippen LogP) is 2.29. The summed E-state index contributed by atoms with van der Waals surface area (Å²) in [6.45, 7) is -2.07. The number of carboxylic acid groups (broad SMARTS) is 1. The molecule has 1 heterocycles. The summed E-state index contributed by atoms with van der Waals surface area (Å²) in [6.07, 6.45) is 1.20. The van der Waals surface area contributed by atoms with Crippen molar-refractivity contribution in [3.05, 3.63) is 29.8 Å². The summed E-state index contributed by atoms with van der Waals surface area (Å²) >= 11 is 0. The van der Waals surface area contributed by atoms with Gasteiger partial charge in [-0.1, -0.05) is 12.1 Å². The highest BCUT2D eigenvalue weighted by atomic mass is 19.3. The van der Waals surface area contributed by atoms with Crippen LogP contribution in [-0.2, 0) is 11.3 Å². The van der Waals surface area contributed by atoms with Crippen LogP contribution in [0.4, 0.5) is 13.6 Å². The molecule has 0 aliphatic carbocycles. The van der Waals surface area contributed by atoms with Crippen LogP contribution in [0.15, 0.2) is 24.3 Å². The first-order valence-electron chi connectivity index (χ1n) is 7.25. The zero-order valence-corrected chi connectivity index (χ0v) is 12.4. The van der Waals surface area contributed by atoms with Crippen molar-refractivity contribution in [1.82, 2.24) is 10.2 Å². The van der Waals surface area contributed by atoms with Gasteiger partial charge in [-0.3, -0.25) is 4.79 Å². The fourth-order valence-corrected chi connectivity index (χ4v) is 2.48. The van der Waals surface area contributed by atoms with Crippen LogP contribution < -0.4 is 10.1 Å². The number of urea groups is 1. The topological polar surface area (TPSA) is 78.9 Å². The Morgan fingerprint density at radius 1 is 1.43 bits per heavy atom. The highest BCUT2D eigenvalue weighted by molar-refractivity contribution is 5.76. The number of nitrogens with zero attached hydrogens (tertiary/aromatic N) is 1. The molecule has 0 bridgehead atoms. The van der Waals surface area contributed by atoms with Crippen molar-refractivity contribution in [2.75, 3.05) is 13.1 Å². The van der Waals surface area contributed by atoms with Gasteiger partial charge in [0.25, 0.3) is 0 Å². The number of benzene rings is 1. The number of piperidine rings is 1. The predicted molar refractivity (Wildman–Crippen MR) is 77.2 cm³/mol. The second-order valence-electron chi connectivity index (χ2n) is 5.31. The lowest BCUT2D eigenvalue weighted by Gasteiger charge is -2.30. The summed E-state index contributed by atoms with van der Waals surface area (Å²) in [4.78, 5) is 24.5.